The van der Waals surface area contributed by atoms with Gasteiger partial charge >= 0.3 is 0 Å². The zero-order valence-corrected chi connectivity index (χ0v) is 14.3. The highest BCUT2D eigenvalue weighted by Crippen LogP contribution is 2.33. The molecule has 4 nitrogen and oxygen atoms in total. The van der Waals surface area contributed by atoms with Crippen LogP contribution in [0, 0.1) is 5.92 Å². The van der Waals surface area contributed by atoms with Gasteiger partial charge in [-0.15, -0.1) is 0 Å². The molecule has 4 rings (SSSR count). The van der Waals surface area contributed by atoms with Crippen LogP contribution in [0.5, 0.6) is 0 Å². The van der Waals surface area contributed by atoms with E-state index in [-0.39, 0.29) is 17.6 Å². The number of halogens is 1. The zero-order valence-electron chi connectivity index (χ0n) is 13.5. The van der Waals surface area contributed by atoms with Crippen LogP contribution in [0.3, 0.4) is 0 Å². The maximum Gasteiger partial charge on any atom is 0.227 e. The molecule has 25 heavy (non-hydrogen) atoms. The number of benzene rings is 2. The third-order valence-corrected chi connectivity index (χ3v) is 4.98. The van der Waals surface area contributed by atoms with Crippen molar-refractivity contribution in [1.29, 1.82) is 0 Å². The second kappa shape index (κ2) is 6.37. The Balaban J connectivity index is 1.80. The summed E-state index contributed by atoms with van der Waals surface area (Å²) < 4.78 is 0. The standard InChI is InChI=1S/C20H17ClN2O2/c21-14-9-10-15-16(11-14)22-18(19(24)12-5-2-1-3-6-12)17(15)23-20(25)13-7-4-8-13/h1-3,5-6,9-11,13,22H,4,7-8H2,(H,23,25). The van der Waals surface area contributed by atoms with Gasteiger partial charge in [0.1, 0.15) is 5.69 Å². The van der Waals surface area contributed by atoms with Gasteiger partial charge in [0.2, 0.25) is 11.7 Å². The Labute approximate surface area is 150 Å². The fourth-order valence-corrected chi connectivity index (χ4v) is 3.27. The Bertz CT molecular complexity index is 958. The molecule has 1 aromatic heterocycles. The van der Waals surface area contributed by atoms with Crippen LogP contribution in [0.2, 0.25) is 5.02 Å². The van der Waals surface area contributed by atoms with Gasteiger partial charge in [0.05, 0.1) is 5.69 Å². The van der Waals surface area contributed by atoms with Crippen LogP contribution >= 0.6 is 11.6 Å². The SMILES string of the molecule is O=C(c1ccccc1)c1[nH]c2cc(Cl)ccc2c1NC(=O)C1CCC1. The van der Waals surface area contributed by atoms with Crippen molar-refractivity contribution in [2.45, 2.75) is 19.3 Å². The van der Waals surface area contributed by atoms with E-state index >= 15 is 0 Å². The van der Waals surface area contributed by atoms with Gasteiger partial charge in [-0.25, -0.2) is 0 Å². The fraction of sp³-hybridized carbons (Fsp3) is 0.200. The molecule has 0 unspecified atom stereocenters. The molecule has 5 heteroatoms. The molecule has 0 atom stereocenters. The first-order valence-electron chi connectivity index (χ1n) is 8.35. The summed E-state index contributed by atoms with van der Waals surface area (Å²) in [6.45, 7) is 0. The van der Waals surface area contributed by atoms with E-state index in [0.717, 1.165) is 30.2 Å². The van der Waals surface area contributed by atoms with E-state index in [4.69, 9.17) is 11.6 Å². The number of anilines is 1. The van der Waals surface area contributed by atoms with E-state index in [9.17, 15) is 9.59 Å². The lowest BCUT2D eigenvalue weighted by atomic mass is 9.85. The number of aromatic amines is 1. The number of ketones is 1. The second-order valence-corrected chi connectivity index (χ2v) is 6.81. The Morgan fingerprint density at radius 2 is 1.84 bits per heavy atom. The molecule has 2 N–H and O–H groups in total. The van der Waals surface area contributed by atoms with Gasteiger partial charge in [-0.2, -0.15) is 0 Å². The average Bonchev–Trinajstić information content (AvgIpc) is 2.91. The number of nitrogens with one attached hydrogen (secondary N) is 2. The molecular weight excluding hydrogens is 336 g/mol. The van der Waals surface area contributed by atoms with Gasteiger partial charge in [-0.3, -0.25) is 9.59 Å². The Hall–Kier alpha value is -2.59. The molecule has 1 aliphatic rings. The fourth-order valence-electron chi connectivity index (χ4n) is 3.10. The summed E-state index contributed by atoms with van der Waals surface area (Å²) in [5, 5.41) is 4.33. The van der Waals surface area contributed by atoms with Crippen molar-refractivity contribution in [2.24, 2.45) is 5.92 Å². The molecule has 0 bridgehead atoms. The molecule has 1 saturated carbocycles. The minimum absolute atomic E-state index is 0.0239. The smallest absolute Gasteiger partial charge is 0.227 e. The van der Waals surface area contributed by atoms with Gasteiger partial charge in [-0.1, -0.05) is 48.4 Å². The van der Waals surface area contributed by atoms with Gasteiger partial charge in [0.25, 0.3) is 0 Å². The number of carbonyl (C=O) groups excluding carboxylic acids is 2. The van der Waals surface area contributed by atoms with Gasteiger partial charge < -0.3 is 10.3 Å². The van der Waals surface area contributed by atoms with Crippen molar-refractivity contribution in [2.75, 3.05) is 5.32 Å². The minimum Gasteiger partial charge on any atom is -0.350 e. The van der Waals surface area contributed by atoms with Crippen LogP contribution in [0.4, 0.5) is 5.69 Å². The lowest BCUT2D eigenvalue weighted by Crippen LogP contribution is -2.28. The average molecular weight is 353 g/mol. The van der Waals surface area contributed by atoms with Crippen LogP contribution in [0.1, 0.15) is 35.3 Å². The highest BCUT2D eigenvalue weighted by atomic mass is 35.5. The molecule has 0 aliphatic heterocycles. The lowest BCUT2D eigenvalue weighted by molar-refractivity contribution is -0.122. The van der Waals surface area contributed by atoms with E-state index in [2.05, 4.69) is 10.3 Å². The molecule has 1 amide bonds. The first kappa shape index (κ1) is 15.9. The summed E-state index contributed by atoms with van der Waals surface area (Å²) in [7, 11) is 0. The largest absolute Gasteiger partial charge is 0.350 e. The number of fused-ring (bicyclic) bond motifs is 1. The number of amides is 1. The Morgan fingerprint density at radius 3 is 2.52 bits per heavy atom. The molecule has 0 spiro atoms. The summed E-state index contributed by atoms with van der Waals surface area (Å²) in [5.41, 5.74) is 2.23. The van der Waals surface area contributed by atoms with Crippen LogP contribution < -0.4 is 5.32 Å². The lowest BCUT2D eigenvalue weighted by Gasteiger charge is -2.24. The summed E-state index contributed by atoms with van der Waals surface area (Å²) in [6.07, 6.45) is 2.89. The van der Waals surface area contributed by atoms with Crippen LogP contribution in [0.25, 0.3) is 10.9 Å². The highest BCUT2D eigenvalue weighted by Gasteiger charge is 2.28. The van der Waals surface area contributed by atoms with E-state index < -0.39 is 0 Å². The Kier molecular flexibility index (Phi) is 4.06. The summed E-state index contributed by atoms with van der Waals surface area (Å²) in [6, 6.07) is 14.4. The molecular formula is C20H17ClN2O2. The van der Waals surface area contributed by atoms with Crippen molar-refractivity contribution < 1.29 is 9.59 Å². The molecule has 3 aromatic rings. The maximum atomic E-state index is 12.9. The summed E-state index contributed by atoms with van der Waals surface area (Å²) in [4.78, 5) is 28.5. The first-order chi connectivity index (χ1) is 12.1. The number of hydrogen-bond donors (Lipinski definition) is 2. The molecule has 1 aliphatic carbocycles. The van der Waals surface area contributed by atoms with Crippen LogP contribution in [-0.4, -0.2) is 16.7 Å². The molecule has 126 valence electrons. The second-order valence-electron chi connectivity index (χ2n) is 6.38. The molecule has 1 heterocycles. The third-order valence-electron chi connectivity index (χ3n) is 4.75. The topological polar surface area (TPSA) is 62.0 Å². The van der Waals surface area contributed by atoms with Crippen molar-refractivity contribution in [3.05, 3.63) is 64.8 Å². The Morgan fingerprint density at radius 1 is 1.08 bits per heavy atom. The zero-order chi connectivity index (χ0) is 17.4. The van der Waals surface area contributed by atoms with Gasteiger partial charge in [-0.05, 0) is 31.0 Å². The number of rotatable bonds is 4. The first-order valence-corrected chi connectivity index (χ1v) is 8.73. The van der Waals surface area contributed by atoms with Crippen LogP contribution in [0.15, 0.2) is 48.5 Å². The minimum atomic E-state index is -0.156. The third kappa shape index (κ3) is 2.94. The van der Waals surface area contributed by atoms with E-state index in [1.807, 2.05) is 24.3 Å². The molecule has 1 fully saturated rings. The molecule has 0 saturated heterocycles. The normalized spacial score (nSPS) is 14.3. The van der Waals surface area contributed by atoms with Crippen molar-refractivity contribution >= 4 is 39.9 Å². The summed E-state index contributed by atoms with van der Waals surface area (Å²) in [5.74, 6) is -0.141. The quantitative estimate of drug-likeness (QED) is 0.663. The van der Waals surface area contributed by atoms with Crippen molar-refractivity contribution in [3.8, 4) is 0 Å². The van der Waals surface area contributed by atoms with E-state index in [1.54, 1.807) is 24.3 Å². The predicted molar refractivity (Wildman–Crippen MR) is 99.2 cm³/mol. The van der Waals surface area contributed by atoms with Gasteiger partial charge in [0, 0.05) is 27.4 Å². The molecule has 2 aromatic carbocycles. The maximum absolute atomic E-state index is 12.9. The van der Waals surface area contributed by atoms with Crippen LogP contribution in [-0.2, 0) is 4.79 Å². The van der Waals surface area contributed by atoms with Crippen molar-refractivity contribution in [3.63, 3.8) is 0 Å². The number of hydrogen-bond acceptors (Lipinski definition) is 2. The van der Waals surface area contributed by atoms with Gasteiger partial charge in [0.15, 0.2) is 0 Å². The van der Waals surface area contributed by atoms with Crippen molar-refractivity contribution in [1.82, 2.24) is 4.98 Å². The number of carbonyl (C=O) groups is 2. The van der Waals surface area contributed by atoms with E-state index in [1.165, 1.54) is 0 Å². The monoisotopic (exact) mass is 352 g/mol. The number of H-pyrrole nitrogens is 1. The van der Waals surface area contributed by atoms with E-state index in [0.29, 0.717) is 22.0 Å². The molecule has 0 radical (unpaired) electrons. The predicted octanol–water partition coefficient (Wildman–Crippen LogP) is 4.79. The highest BCUT2D eigenvalue weighted by molar-refractivity contribution is 6.31. The number of aromatic nitrogens is 1. The summed E-state index contributed by atoms with van der Waals surface area (Å²) >= 11 is 6.07.